The van der Waals surface area contributed by atoms with Crippen molar-refractivity contribution >= 4 is 29.1 Å². The summed E-state index contributed by atoms with van der Waals surface area (Å²) < 4.78 is 53.0. The van der Waals surface area contributed by atoms with Crippen LogP contribution < -0.4 is 5.32 Å². The summed E-state index contributed by atoms with van der Waals surface area (Å²) in [6.07, 6.45) is -4.74. The first-order valence-electron chi connectivity index (χ1n) is 9.54. The van der Waals surface area contributed by atoms with Crippen LogP contribution in [0.3, 0.4) is 0 Å². The number of nitrogens with one attached hydrogen (secondary N) is 1. The lowest BCUT2D eigenvalue weighted by Crippen LogP contribution is -2.50. The van der Waals surface area contributed by atoms with Crippen molar-refractivity contribution in [3.8, 4) is 0 Å². The number of hydrogen-bond donors (Lipinski definition) is 1. The Kier molecular flexibility index (Phi) is 7.17. The van der Waals surface area contributed by atoms with Crippen LogP contribution in [-0.2, 0) is 22.2 Å². The van der Waals surface area contributed by atoms with Gasteiger partial charge in [-0.25, -0.2) is 4.39 Å². The molecule has 1 fully saturated rings. The SMILES string of the molecule is O=C(CN1CCN(C(=O)Cc2c(F)cccc2Cl)CC1)Nc1ccccc1C(F)(F)F. The van der Waals surface area contributed by atoms with Crippen LogP contribution in [0.1, 0.15) is 11.1 Å². The minimum Gasteiger partial charge on any atom is -0.340 e. The average molecular weight is 458 g/mol. The number of para-hydroxylation sites is 1. The second-order valence-electron chi connectivity index (χ2n) is 7.13. The second-order valence-corrected chi connectivity index (χ2v) is 7.53. The number of carbonyl (C=O) groups excluding carboxylic acids is 2. The summed E-state index contributed by atoms with van der Waals surface area (Å²) in [5.74, 6) is -1.40. The second kappa shape index (κ2) is 9.65. The number of nitrogens with zero attached hydrogens (tertiary/aromatic N) is 2. The van der Waals surface area contributed by atoms with Gasteiger partial charge in [0.05, 0.1) is 24.2 Å². The zero-order chi connectivity index (χ0) is 22.6. The van der Waals surface area contributed by atoms with E-state index < -0.39 is 23.5 Å². The summed E-state index contributed by atoms with van der Waals surface area (Å²) in [7, 11) is 0. The highest BCUT2D eigenvalue weighted by Crippen LogP contribution is 2.34. The van der Waals surface area contributed by atoms with Crippen molar-refractivity contribution in [1.82, 2.24) is 9.80 Å². The summed E-state index contributed by atoms with van der Waals surface area (Å²) in [6.45, 7) is 1.26. The van der Waals surface area contributed by atoms with Crippen LogP contribution in [0.15, 0.2) is 42.5 Å². The van der Waals surface area contributed by atoms with E-state index in [1.165, 1.54) is 36.4 Å². The molecular formula is C21H20ClF4N3O2. The topological polar surface area (TPSA) is 52.7 Å². The van der Waals surface area contributed by atoms with Crippen LogP contribution in [0.2, 0.25) is 5.02 Å². The van der Waals surface area contributed by atoms with Gasteiger partial charge in [-0.15, -0.1) is 0 Å². The molecule has 166 valence electrons. The van der Waals surface area contributed by atoms with E-state index in [1.807, 2.05) is 0 Å². The highest BCUT2D eigenvalue weighted by atomic mass is 35.5. The Hall–Kier alpha value is -2.65. The molecule has 1 N–H and O–H groups in total. The molecule has 0 unspecified atom stereocenters. The van der Waals surface area contributed by atoms with E-state index in [-0.39, 0.29) is 35.1 Å². The van der Waals surface area contributed by atoms with Crippen molar-refractivity contribution in [3.05, 3.63) is 64.4 Å². The number of benzene rings is 2. The third kappa shape index (κ3) is 5.95. The first-order valence-corrected chi connectivity index (χ1v) is 9.92. The maximum absolute atomic E-state index is 13.9. The highest BCUT2D eigenvalue weighted by molar-refractivity contribution is 6.31. The number of halogens is 5. The van der Waals surface area contributed by atoms with Crippen LogP contribution in [0, 0.1) is 5.82 Å². The quantitative estimate of drug-likeness (QED) is 0.694. The van der Waals surface area contributed by atoms with Crippen LogP contribution in [0.5, 0.6) is 0 Å². The molecule has 0 aromatic heterocycles. The van der Waals surface area contributed by atoms with Crippen molar-refractivity contribution in [2.45, 2.75) is 12.6 Å². The molecule has 1 aliphatic heterocycles. The third-order valence-electron chi connectivity index (χ3n) is 4.99. The lowest BCUT2D eigenvalue weighted by atomic mass is 10.1. The van der Waals surface area contributed by atoms with Gasteiger partial charge in [-0.2, -0.15) is 13.2 Å². The first-order chi connectivity index (χ1) is 14.6. The molecule has 31 heavy (non-hydrogen) atoms. The van der Waals surface area contributed by atoms with E-state index in [1.54, 1.807) is 9.80 Å². The Labute approximate surface area is 181 Å². The van der Waals surface area contributed by atoms with Gasteiger partial charge in [0, 0.05) is 36.8 Å². The van der Waals surface area contributed by atoms with Gasteiger partial charge in [0.25, 0.3) is 0 Å². The smallest absolute Gasteiger partial charge is 0.340 e. The van der Waals surface area contributed by atoms with Gasteiger partial charge in [-0.1, -0.05) is 29.8 Å². The number of rotatable bonds is 5. The van der Waals surface area contributed by atoms with Crippen molar-refractivity contribution in [3.63, 3.8) is 0 Å². The molecule has 0 spiro atoms. The maximum atomic E-state index is 13.9. The number of piperazine rings is 1. The summed E-state index contributed by atoms with van der Waals surface area (Å²) in [5.41, 5.74) is -1.07. The standard InChI is InChI=1S/C21H20ClF4N3O2/c22-16-5-3-6-17(23)14(16)12-20(31)29-10-8-28(9-11-29)13-19(30)27-18-7-2-1-4-15(18)21(24,25)26/h1-7H,8-13H2,(H,27,30). The highest BCUT2D eigenvalue weighted by Gasteiger charge is 2.33. The van der Waals surface area contributed by atoms with Crippen molar-refractivity contribution < 1.29 is 27.2 Å². The normalized spacial score (nSPS) is 15.1. The molecular weight excluding hydrogens is 438 g/mol. The Morgan fingerprint density at radius 2 is 1.68 bits per heavy atom. The molecule has 0 aliphatic carbocycles. The molecule has 2 amide bonds. The van der Waals surface area contributed by atoms with Crippen LogP contribution in [0.25, 0.3) is 0 Å². The van der Waals surface area contributed by atoms with Gasteiger partial charge in [-0.05, 0) is 24.3 Å². The predicted molar refractivity (Wildman–Crippen MR) is 108 cm³/mol. The first kappa shape index (κ1) is 23.0. The van der Waals surface area contributed by atoms with E-state index in [2.05, 4.69) is 5.32 Å². The van der Waals surface area contributed by atoms with Gasteiger partial charge in [0.2, 0.25) is 11.8 Å². The van der Waals surface area contributed by atoms with Gasteiger partial charge < -0.3 is 10.2 Å². The van der Waals surface area contributed by atoms with E-state index in [9.17, 15) is 27.2 Å². The average Bonchev–Trinajstić information content (AvgIpc) is 2.71. The molecule has 0 saturated carbocycles. The molecule has 1 heterocycles. The summed E-state index contributed by atoms with van der Waals surface area (Å²) in [6, 6.07) is 8.98. The third-order valence-corrected chi connectivity index (χ3v) is 5.34. The van der Waals surface area contributed by atoms with Crippen molar-refractivity contribution in [1.29, 1.82) is 0 Å². The molecule has 1 aliphatic rings. The zero-order valence-corrected chi connectivity index (χ0v) is 17.1. The van der Waals surface area contributed by atoms with Crippen LogP contribution >= 0.6 is 11.6 Å². The Morgan fingerprint density at radius 1 is 1.00 bits per heavy atom. The summed E-state index contributed by atoms with van der Waals surface area (Å²) >= 11 is 5.96. The largest absolute Gasteiger partial charge is 0.418 e. The fourth-order valence-electron chi connectivity index (χ4n) is 3.35. The number of hydrogen-bond acceptors (Lipinski definition) is 3. The van der Waals surface area contributed by atoms with Gasteiger partial charge in [-0.3, -0.25) is 14.5 Å². The molecule has 10 heteroatoms. The Balaban J connectivity index is 1.51. The molecule has 2 aromatic carbocycles. The predicted octanol–water partition coefficient (Wildman–Crippen LogP) is 3.82. The number of carbonyl (C=O) groups is 2. The lowest BCUT2D eigenvalue weighted by molar-refractivity contribution is -0.137. The minimum absolute atomic E-state index is 0.104. The van der Waals surface area contributed by atoms with Gasteiger partial charge in [0.1, 0.15) is 5.82 Å². The molecule has 0 atom stereocenters. The molecule has 0 radical (unpaired) electrons. The number of alkyl halides is 3. The molecule has 0 bridgehead atoms. The Morgan fingerprint density at radius 3 is 2.32 bits per heavy atom. The fraction of sp³-hybridized carbons (Fsp3) is 0.333. The van der Waals surface area contributed by atoms with Crippen molar-refractivity contribution in [2.24, 2.45) is 0 Å². The van der Waals surface area contributed by atoms with E-state index in [4.69, 9.17) is 11.6 Å². The molecule has 1 saturated heterocycles. The molecule has 3 rings (SSSR count). The minimum atomic E-state index is -4.57. The summed E-state index contributed by atoms with van der Waals surface area (Å²) in [4.78, 5) is 28.0. The molecule has 2 aromatic rings. The van der Waals surface area contributed by atoms with Gasteiger partial charge >= 0.3 is 6.18 Å². The van der Waals surface area contributed by atoms with Crippen LogP contribution in [-0.4, -0.2) is 54.3 Å². The van der Waals surface area contributed by atoms with Crippen molar-refractivity contribution in [2.75, 3.05) is 38.0 Å². The summed E-state index contributed by atoms with van der Waals surface area (Å²) in [5, 5.41) is 2.49. The Bertz CT molecular complexity index is 940. The number of anilines is 1. The number of amides is 2. The van der Waals surface area contributed by atoms with Crippen LogP contribution in [0.4, 0.5) is 23.2 Å². The maximum Gasteiger partial charge on any atom is 0.418 e. The van der Waals surface area contributed by atoms with E-state index in [0.717, 1.165) is 6.07 Å². The van der Waals surface area contributed by atoms with E-state index in [0.29, 0.717) is 26.2 Å². The zero-order valence-electron chi connectivity index (χ0n) is 16.4. The fourth-order valence-corrected chi connectivity index (χ4v) is 3.58. The molecule has 5 nitrogen and oxygen atoms in total. The van der Waals surface area contributed by atoms with E-state index >= 15 is 0 Å². The monoisotopic (exact) mass is 457 g/mol. The van der Waals surface area contributed by atoms with Gasteiger partial charge in [0.15, 0.2) is 0 Å². The lowest BCUT2D eigenvalue weighted by Gasteiger charge is -2.34.